The lowest BCUT2D eigenvalue weighted by atomic mass is 9.98. The van der Waals surface area contributed by atoms with Crippen molar-refractivity contribution in [2.75, 3.05) is 6.54 Å². The van der Waals surface area contributed by atoms with Gasteiger partial charge in [-0.15, -0.1) is 0 Å². The van der Waals surface area contributed by atoms with Gasteiger partial charge in [0.15, 0.2) is 0 Å². The molecule has 5 heteroatoms. The Labute approximate surface area is 140 Å². The molecule has 0 spiro atoms. The molecule has 0 aliphatic heterocycles. The lowest BCUT2D eigenvalue weighted by Gasteiger charge is -2.21. The molecule has 1 unspecified atom stereocenters. The Morgan fingerprint density at radius 2 is 1.71 bits per heavy atom. The van der Waals surface area contributed by atoms with Gasteiger partial charge in [0.05, 0.1) is 6.04 Å². The molecule has 1 atom stereocenters. The molecule has 0 aromatic heterocycles. The minimum Gasteiger partial charge on any atom is -0.306 e. The van der Waals surface area contributed by atoms with Gasteiger partial charge in [-0.25, -0.2) is 8.78 Å². The summed E-state index contributed by atoms with van der Waals surface area (Å²) in [5.74, 6) is -1.14. The van der Waals surface area contributed by atoms with Crippen LogP contribution in [0.3, 0.4) is 0 Å². The lowest BCUT2D eigenvalue weighted by molar-refractivity contribution is 0.558. The Morgan fingerprint density at radius 1 is 1.05 bits per heavy atom. The van der Waals surface area contributed by atoms with Crippen LogP contribution >= 0.6 is 31.9 Å². The molecule has 21 heavy (non-hydrogen) atoms. The van der Waals surface area contributed by atoms with E-state index >= 15 is 0 Å². The van der Waals surface area contributed by atoms with Crippen LogP contribution in [-0.2, 0) is 0 Å². The van der Waals surface area contributed by atoms with Crippen LogP contribution < -0.4 is 5.32 Å². The summed E-state index contributed by atoms with van der Waals surface area (Å²) in [4.78, 5) is 0. The molecule has 0 bridgehead atoms. The smallest absolute Gasteiger partial charge is 0.126 e. The third-order valence-electron chi connectivity index (χ3n) is 3.09. The molecule has 1 N–H and O–H groups in total. The minimum atomic E-state index is -0.568. The number of halogens is 4. The summed E-state index contributed by atoms with van der Waals surface area (Å²) in [6.07, 6.45) is 0.933. The van der Waals surface area contributed by atoms with Crippen molar-refractivity contribution in [3.8, 4) is 0 Å². The van der Waals surface area contributed by atoms with E-state index in [1.165, 1.54) is 12.1 Å². The summed E-state index contributed by atoms with van der Waals surface area (Å²) in [5, 5.41) is 3.34. The highest BCUT2D eigenvalue weighted by Crippen LogP contribution is 2.31. The fourth-order valence-corrected chi connectivity index (χ4v) is 3.45. The largest absolute Gasteiger partial charge is 0.306 e. The molecule has 0 heterocycles. The molecule has 0 fully saturated rings. The van der Waals surface area contributed by atoms with E-state index in [-0.39, 0.29) is 6.04 Å². The van der Waals surface area contributed by atoms with E-state index in [1.807, 2.05) is 25.1 Å². The van der Waals surface area contributed by atoms with Crippen molar-refractivity contribution in [3.05, 3.63) is 68.1 Å². The van der Waals surface area contributed by atoms with Crippen LogP contribution in [0.5, 0.6) is 0 Å². The topological polar surface area (TPSA) is 12.0 Å². The number of hydrogen-bond donors (Lipinski definition) is 1. The van der Waals surface area contributed by atoms with Crippen LogP contribution in [0.1, 0.15) is 30.5 Å². The summed E-state index contributed by atoms with van der Waals surface area (Å²) >= 11 is 6.92. The minimum absolute atomic E-state index is 0.266. The monoisotopic (exact) mass is 417 g/mol. The third kappa shape index (κ3) is 4.34. The standard InChI is InChI=1S/C16H15Br2F2N/c1-2-5-21-16(10-6-12(19)9-13(20)7-10)14-4-3-11(17)8-15(14)18/h3-4,6-9,16,21H,2,5H2,1H3. The Hall–Kier alpha value is -0.780. The summed E-state index contributed by atoms with van der Waals surface area (Å²) < 4.78 is 28.8. The molecule has 0 radical (unpaired) electrons. The zero-order valence-electron chi connectivity index (χ0n) is 11.5. The highest BCUT2D eigenvalue weighted by molar-refractivity contribution is 9.11. The highest BCUT2D eigenvalue weighted by atomic mass is 79.9. The van der Waals surface area contributed by atoms with Crippen molar-refractivity contribution >= 4 is 31.9 Å². The Kier molecular flexibility index (Phi) is 5.90. The van der Waals surface area contributed by atoms with Crippen LogP contribution in [-0.4, -0.2) is 6.54 Å². The van der Waals surface area contributed by atoms with Crippen LogP contribution in [0.15, 0.2) is 45.3 Å². The average molecular weight is 419 g/mol. The predicted molar refractivity (Wildman–Crippen MR) is 88.3 cm³/mol. The molecule has 2 rings (SSSR count). The van der Waals surface area contributed by atoms with E-state index in [0.717, 1.165) is 33.5 Å². The number of benzene rings is 2. The van der Waals surface area contributed by atoms with E-state index in [2.05, 4.69) is 37.2 Å². The van der Waals surface area contributed by atoms with Crippen molar-refractivity contribution in [2.45, 2.75) is 19.4 Å². The molecule has 1 nitrogen and oxygen atoms in total. The first-order valence-electron chi connectivity index (χ1n) is 6.65. The van der Waals surface area contributed by atoms with Gasteiger partial charge in [-0.2, -0.15) is 0 Å². The third-order valence-corrected chi connectivity index (χ3v) is 4.27. The van der Waals surface area contributed by atoms with Crippen molar-refractivity contribution in [2.24, 2.45) is 0 Å². The van der Waals surface area contributed by atoms with Crippen LogP contribution in [0.25, 0.3) is 0 Å². The summed E-state index contributed by atoms with van der Waals surface area (Å²) in [5.41, 5.74) is 1.51. The van der Waals surface area contributed by atoms with Gasteiger partial charge in [0.25, 0.3) is 0 Å². The molecule has 0 saturated carbocycles. The quantitative estimate of drug-likeness (QED) is 0.668. The first kappa shape index (κ1) is 16.6. The van der Waals surface area contributed by atoms with Gasteiger partial charge < -0.3 is 5.32 Å². The van der Waals surface area contributed by atoms with Crippen LogP contribution in [0, 0.1) is 11.6 Å². The van der Waals surface area contributed by atoms with E-state index < -0.39 is 11.6 Å². The number of nitrogens with one attached hydrogen (secondary N) is 1. The normalized spacial score (nSPS) is 12.4. The Bertz CT molecular complexity index is 611. The molecule has 2 aromatic rings. The van der Waals surface area contributed by atoms with Gasteiger partial charge in [-0.1, -0.05) is 44.8 Å². The Morgan fingerprint density at radius 3 is 2.29 bits per heavy atom. The van der Waals surface area contributed by atoms with Gasteiger partial charge in [0.1, 0.15) is 11.6 Å². The molecule has 0 saturated heterocycles. The van der Waals surface area contributed by atoms with E-state index in [9.17, 15) is 8.78 Å². The van der Waals surface area contributed by atoms with Crippen molar-refractivity contribution in [1.29, 1.82) is 0 Å². The van der Waals surface area contributed by atoms with Crippen molar-refractivity contribution in [3.63, 3.8) is 0 Å². The van der Waals surface area contributed by atoms with Gasteiger partial charge in [0, 0.05) is 15.0 Å². The second-order valence-corrected chi connectivity index (χ2v) is 6.53. The molecule has 0 aliphatic rings. The molecule has 0 amide bonds. The summed E-state index contributed by atoms with van der Waals surface area (Å²) in [6, 6.07) is 9.12. The second kappa shape index (κ2) is 7.47. The number of hydrogen-bond acceptors (Lipinski definition) is 1. The number of rotatable bonds is 5. The maximum absolute atomic E-state index is 13.5. The molecular weight excluding hydrogens is 404 g/mol. The fourth-order valence-electron chi connectivity index (χ4n) is 2.17. The van der Waals surface area contributed by atoms with Crippen LogP contribution in [0.4, 0.5) is 8.78 Å². The molecular formula is C16H15Br2F2N. The first-order chi connectivity index (χ1) is 10.0. The average Bonchev–Trinajstić information content (AvgIpc) is 2.40. The second-order valence-electron chi connectivity index (χ2n) is 4.76. The highest BCUT2D eigenvalue weighted by Gasteiger charge is 2.18. The predicted octanol–water partition coefficient (Wildman–Crippen LogP) is 5.58. The first-order valence-corrected chi connectivity index (χ1v) is 8.24. The zero-order valence-corrected chi connectivity index (χ0v) is 14.6. The van der Waals surface area contributed by atoms with Crippen molar-refractivity contribution in [1.82, 2.24) is 5.32 Å². The van der Waals surface area contributed by atoms with Gasteiger partial charge >= 0.3 is 0 Å². The Balaban J connectivity index is 2.46. The summed E-state index contributed by atoms with van der Waals surface area (Å²) in [7, 11) is 0. The zero-order chi connectivity index (χ0) is 15.4. The van der Waals surface area contributed by atoms with Gasteiger partial charge in [-0.3, -0.25) is 0 Å². The van der Waals surface area contributed by atoms with Gasteiger partial charge in [0.2, 0.25) is 0 Å². The maximum Gasteiger partial charge on any atom is 0.126 e. The van der Waals surface area contributed by atoms with Gasteiger partial charge in [-0.05, 0) is 48.4 Å². The van der Waals surface area contributed by atoms with Crippen molar-refractivity contribution < 1.29 is 8.78 Å². The fraction of sp³-hybridized carbons (Fsp3) is 0.250. The SMILES string of the molecule is CCCNC(c1cc(F)cc(F)c1)c1ccc(Br)cc1Br. The maximum atomic E-state index is 13.5. The summed E-state index contributed by atoms with van der Waals surface area (Å²) in [6.45, 7) is 2.80. The molecule has 112 valence electrons. The van der Waals surface area contributed by atoms with Crippen LogP contribution in [0.2, 0.25) is 0 Å². The van der Waals surface area contributed by atoms with E-state index in [4.69, 9.17) is 0 Å². The van der Waals surface area contributed by atoms with E-state index in [1.54, 1.807) is 0 Å². The molecule has 2 aromatic carbocycles. The molecule has 0 aliphatic carbocycles. The van der Waals surface area contributed by atoms with E-state index in [0.29, 0.717) is 5.56 Å². The lowest BCUT2D eigenvalue weighted by Crippen LogP contribution is -2.23.